The minimum atomic E-state index is -1.42. The molecule has 0 spiro atoms. The van der Waals surface area contributed by atoms with Crippen molar-refractivity contribution < 1.29 is 23.3 Å². The molecule has 1 aliphatic carbocycles. The van der Waals surface area contributed by atoms with Crippen LogP contribution in [0.5, 0.6) is 0 Å². The normalized spacial score (nSPS) is 14.9. The molecule has 0 bridgehead atoms. The van der Waals surface area contributed by atoms with Gasteiger partial charge in [-0.15, -0.1) is 0 Å². The number of benzene rings is 1. The van der Waals surface area contributed by atoms with Gasteiger partial charge in [0.1, 0.15) is 5.56 Å². The maximum atomic E-state index is 13.2. The summed E-state index contributed by atoms with van der Waals surface area (Å²) in [6.07, 6.45) is 4.92. The van der Waals surface area contributed by atoms with Crippen LogP contribution in [0.2, 0.25) is 0 Å². The molecule has 9 heteroatoms. The largest absolute Gasteiger partial charge is 0.352 e. The maximum Gasteiger partial charge on any atom is 0.285 e. The predicted octanol–water partition coefficient (Wildman–Crippen LogP) is 2.05. The Morgan fingerprint density at radius 2 is 1.79 bits per heavy atom. The number of amides is 2. The highest BCUT2D eigenvalue weighted by molar-refractivity contribution is 5.99. The van der Waals surface area contributed by atoms with E-state index in [-0.39, 0.29) is 6.04 Å². The summed E-state index contributed by atoms with van der Waals surface area (Å²) in [4.78, 5) is 33.6. The zero-order valence-electron chi connectivity index (χ0n) is 12.8. The molecule has 2 N–H and O–H groups in total. The molecular weight excluding hydrogens is 324 g/mol. The molecule has 2 rings (SSSR count). The summed E-state index contributed by atoms with van der Waals surface area (Å²) in [7, 11) is 0. The average molecular weight is 341 g/mol. The van der Waals surface area contributed by atoms with Crippen molar-refractivity contribution in [3.63, 3.8) is 0 Å². The van der Waals surface area contributed by atoms with Gasteiger partial charge in [-0.05, 0) is 18.9 Å². The first-order chi connectivity index (χ1) is 11.4. The minimum Gasteiger partial charge on any atom is -0.352 e. The smallest absolute Gasteiger partial charge is 0.285 e. The van der Waals surface area contributed by atoms with Gasteiger partial charge in [0.05, 0.1) is 17.5 Å². The Bertz CT molecular complexity index is 660. The van der Waals surface area contributed by atoms with Gasteiger partial charge in [0.25, 0.3) is 11.6 Å². The van der Waals surface area contributed by atoms with Crippen molar-refractivity contribution in [3.8, 4) is 0 Å². The van der Waals surface area contributed by atoms with Crippen LogP contribution in [0.1, 0.15) is 42.5 Å². The fourth-order valence-corrected chi connectivity index (χ4v) is 2.65. The van der Waals surface area contributed by atoms with Crippen molar-refractivity contribution in [3.05, 3.63) is 39.4 Å². The van der Waals surface area contributed by atoms with E-state index in [1.807, 2.05) is 0 Å². The second-order valence-corrected chi connectivity index (χ2v) is 5.63. The lowest BCUT2D eigenvalue weighted by molar-refractivity contribution is -0.385. The topological polar surface area (TPSA) is 101 Å². The van der Waals surface area contributed by atoms with Gasteiger partial charge >= 0.3 is 0 Å². The molecule has 0 atom stereocenters. The highest BCUT2D eigenvalue weighted by Crippen LogP contribution is 2.22. The number of hydrogen-bond donors (Lipinski definition) is 2. The third-order valence-corrected chi connectivity index (χ3v) is 3.86. The molecule has 2 amide bonds. The van der Waals surface area contributed by atoms with Gasteiger partial charge in [-0.1, -0.05) is 19.3 Å². The van der Waals surface area contributed by atoms with Crippen LogP contribution in [-0.2, 0) is 4.79 Å². The predicted molar refractivity (Wildman–Crippen MR) is 80.4 cm³/mol. The van der Waals surface area contributed by atoms with E-state index >= 15 is 0 Å². The molecular formula is C15H17F2N3O4. The van der Waals surface area contributed by atoms with Gasteiger partial charge in [0.2, 0.25) is 5.91 Å². The van der Waals surface area contributed by atoms with Gasteiger partial charge in [0.15, 0.2) is 11.6 Å². The molecule has 130 valence electrons. The van der Waals surface area contributed by atoms with Crippen molar-refractivity contribution in [1.82, 2.24) is 10.6 Å². The molecule has 1 fully saturated rings. The summed E-state index contributed by atoms with van der Waals surface area (Å²) in [5.74, 6) is -4.24. The number of carbonyl (C=O) groups is 2. The summed E-state index contributed by atoms with van der Waals surface area (Å²) in [6, 6.07) is 0.842. The molecule has 0 radical (unpaired) electrons. The Morgan fingerprint density at radius 3 is 2.42 bits per heavy atom. The Kier molecular flexibility index (Phi) is 5.78. The molecule has 0 saturated heterocycles. The van der Waals surface area contributed by atoms with Gasteiger partial charge in [-0.3, -0.25) is 19.7 Å². The zero-order valence-corrected chi connectivity index (χ0v) is 12.8. The highest BCUT2D eigenvalue weighted by Gasteiger charge is 2.24. The summed E-state index contributed by atoms with van der Waals surface area (Å²) in [6.45, 7) is -0.397. The number of nitro groups is 1. The Balaban J connectivity index is 1.98. The molecule has 1 aromatic rings. The van der Waals surface area contributed by atoms with Crippen LogP contribution in [0, 0.1) is 21.7 Å². The molecule has 1 aromatic carbocycles. The van der Waals surface area contributed by atoms with Crippen LogP contribution >= 0.6 is 0 Å². The standard InChI is InChI=1S/C15H17F2N3O4/c16-11-6-10(13(20(23)24)7-12(11)17)15(22)18-8-14(21)19-9-4-2-1-3-5-9/h6-7,9H,1-5,8H2,(H,18,22)(H,19,21). The summed E-state index contributed by atoms with van der Waals surface area (Å²) >= 11 is 0. The third-order valence-electron chi connectivity index (χ3n) is 3.86. The highest BCUT2D eigenvalue weighted by atomic mass is 19.2. The molecule has 0 unspecified atom stereocenters. The Labute approximate surface area is 136 Å². The van der Waals surface area contributed by atoms with Crippen LogP contribution in [0.3, 0.4) is 0 Å². The second kappa shape index (κ2) is 7.80. The zero-order chi connectivity index (χ0) is 17.7. The van der Waals surface area contributed by atoms with E-state index in [0.717, 1.165) is 32.1 Å². The first-order valence-electron chi connectivity index (χ1n) is 7.59. The number of hydrogen-bond acceptors (Lipinski definition) is 4. The van der Waals surface area contributed by atoms with Crippen molar-refractivity contribution in [2.75, 3.05) is 6.54 Å². The number of nitrogens with one attached hydrogen (secondary N) is 2. The quantitative estimate of drug-likeness (QED) is 0.632. The maximum absolute atomic E-state index is 13.2. The first kappa shape index (κ1) is 17.8. The first-order valence-corrected chi connectivity index (χ1v) is 7.59. The van der Waals surface area contributed by atoms with E-state index in [4.69, 9.17) is 0 Å². The lowest BCUT2D eigenvalue weighted by atomic mass is 9.95. The molecule has 24 heavy (non-hydrogen) atoms. The minimum absolute atomic E-state index is 0.0563. The molecule has 0 heterocycles. The van der Waals surface area contributed by atoms with E-state index in [0.29, 0.717) is 12.1 Å². The fourth-order valence-electron chi connectivity index (χ4n) is 2.65. The fraction of sp³-hybridized carbons (Fsp3) is 0.467. The molecule has 0 aliphatic heterocycles. The Morgan fingerprint density at radius 1 is 1.17 bits per heavy atom. The monoisotopic (exact) mass is 341 g/mol. The van der Waals surface area contributed by atoms with E-state index < -0.39 is 46.2 Å². The van der Waals surface area contributed by atoms with E-state index in [2.05, 4.69) is 10.6 Å². The van der Waals surface area contributed by atoms with Crippen LogP contribution in [-0.4, -0.2) is 29.3 Å². The Hall–Kier alpha value is -2.58. The SMILES string of the molecule is O=C(CNC(=O)c1cc(F)c(F)cc1[N+](=O)[O-])NC1CCCCC1. The van der Waals surface area contributed by atoms with Crippen LogP contribution in [0.15, 0.2) is 12.1 Å². The lowest BCUT2D eigenvalue weighted by Crippen LogP contribution is -2.42. The average Bonchev–Trinajstić information content (AvgIpc) is 2.55. The van der Waals surface area contributed by atoms with E-state index in [9.17, 15) is 28.5 Å². The van der Waals surface area contributed by atoms with Crippen LogP contribution in [0.25, 0.3) is 0 Å². The summed E-state index contributed by atoms with van der Waals surface area (Å²) < 4.78 is 26.3. The van der Waals surface area contributed by atoms with Crippen molar-refractivity contribution in [2.24, 2.45) is 0 Å². The molecule has 7 nitrogen and oxygen atoms in total. The molecule has 1 aliphatic rings. The number of carbonyl (C=O) groups excluding carboxylic acids is 2. The van der Waals surface area contributed by atoms with Gasteiger partial charge in [-0.2, -0.15) is 0 Å². The third kappa shape index (κ3) is 4.46. The second-order valence-electron chi connectivity index (χ2n) is 5.63. The van der Waals surface area contributed by atoms with E-state index in [1.54, 1.807) is 0 Å². The van der Waals surface area contributed by atoms with Crippen LogP contribution < -0.4 is 10.6 Å². The molecule has 1 saturated carbocycles. The molecule has 0 aromatic heterocycles. The van der Waals surface area contributed by atoms with Gasteiger partial charge in [-0.25, -0.2) is 8.78 Å². The van der Waals surface area contributed by atoms with Gasteiger partial charge in [0, 0.05) is 6.04 Å². The number of halogens is 2. The number of nitrogens with zero attached hydrogens (tertiary/aromatic N) is 1. The van der Waals surface area contributed by atoms with Crippen molar-refractivity contribution >= 4 is 17.5 Å². The number of nitro benzene ring substituents is 1. The van der Waals surface area contributed by atoms with Crippen molar-refractivity contribution in [2.45, 2.75) is 38.1 Å². The number of rotatable bonds is 5. The summed E-state index contributed by atoms with van der Waals surface area (Å²) in [5, 5.41) is 15.8. The lowest BCUT2D eigenvalue weighted by Gasteiger charge is -2.22. The van der Waals surface area contributed by atoms with Crippen molar-refractivity contribution in [1.29, 1.82) is 0 Å². The van der Waals surface area contributed by atoms with E-state index in [1.165, 1.54) is 0 Å². The van der Waals surface area contributed by atoms with Crippen LogP contribution in [0.4, 0.5) is 14.5 Å². The summed E-state index contributed by atoms with van der Waals surface area (Å²) in [5.41, 5.74) is -1.50. The van der Waals surface area contributed by atoms with Gasteiger partial charge < -0.3 is 10.6 Å².